The normalized spacial score (nSPS) is 11.0. The van der Waals surface area contributed by atoms with Gasteiger partial charge in [-0.3, -0.25) is 4.68 Å². The summed E-state index contributed by atoms with van der Waals surface area (Å²) < 4.78 is 3.76. The molecule has 0 saturated carbocycles. The van der Waals surface area contributed by atoms with E-state index >= 15 is 0 Å². The first-order valence-electron chi connectivity index (χ1n) is 5.53. The zero-order valence-electron chi connectivity index (χ0n) is 10.2. The summed E-state index contributed by atoms with van der Waals surface area (Å²) in [6.07, 6.45) is 1.04. The third-order valence-electron chi connectivity index (χ3n) is 2.74. The van der Waals surface area contributed by atoms with Crippen molar-refractivity contribution in [2.24, 2.45) is 0 Å². The zero-order valence-corrected chi connectivity index (χ0v) is 11.0. The maximum Gasteiger partial charge on any atom is 0.214 e. The molecule has 0 amide bonds. The Balaban J connectivity index is 2.60. The van der Waals surface area contributed by atoms with Gasteiger partial charge in [0.15, 0.2) is 5.82 Å². The molecule has 0 atom stereocenters. The fourth-order valence-corrected chi connectivity index (χ4v) is 2.06. The molecule has 0 aliphatic heterocycles. The van der Waals surface area contributed by atoms with E-state index in [1.807, 2.05) is 18.5 Å². The number of hydrogen-bond donors (Lipinski definition) is 2. The first kappa shape index (κ1) is 11.8. The van der Waals surface area contributed by atoms with Gasteiger partial charge in [0.05, 0.1) is 11.3 Å². The summed E-state index contributed by atoms with van der Waals surface area (Å²) in [5, 5.41) is 11.3. The Labute approximate surface area is 104 Å². The molecule has 2 aromatic rings. The lowest BCUT2D eigenvalue weighted by Gasteiger charge is -2.03. The minimum atomic E-state index is 0.405. The Morgan fingerprint density at radius 3 is 2.65 bits per heavy atom. The van der Waals surface area contributed by atoms with Crippen molar-refractivity contribution >= 4 is 12.2 Å². The van der Waals surface area contributed by atoms with E-state index < -0.39 is 0 Å². The molecule has 0 aliphatic rings. The van der Waals surface area contributed by atoms with Gasteiger partial charge in [-0.15, -0.1) is 0 Å². The lowest BCUT2D eigenvalue weighted by atomic mass is 10.2. The van der Waals surface area contributed by atoms with Crippen LogP contribution in [-0.4, -0.2) is 24.7 Å². The highest BCUT2D eigenvalue weighted by Crippen LogP contribution is 2.24. The van der Waals surface area contributed by atoms with Crippen molar-refractivity contribution in [1.29, 1.82) is 0 Å². The lowest BCUT2D eigenvalue weighted by molar-refractivity contribution is 0.583. The molecule has 2 rings (SSSR count). The summed E-state index contributed by atoms with van der Waals surface area (Å²) in [6.45, 7) is 6.98. The highest BCUT2D eigenvalue weighted by molar-refractivity contribution is 7.71. The van der Waals surface area contributed by atoms with Crippen molar-refractivity contribution in [3.8, 4) is 11.4 Å². The number of nitrogens with two attached hydrogens (primary N) is 1. The summed E-state index contributed by atoms with van der Waals surface area (Å²) >= 11 is 5.01. The summed E-state index contributed by atoms with van der Waals surface area (Å²) in [5.41, 5.74) is 2.93. The summed E-state index contributed by atoms with van der Waals surface area (Å²) in [6, 6.07) is 0. The van der Waals surface area contributed by atoms with Crippen LogP contribution in [0.4, 0.5) is 0 Å². The Kier molecular flexibility index (Phi) is 3.01. The van der Waals surface area contributed by atoms with Gasteiger partial charge in [0.1, 0.15) is 0 Å². The minimum absolute atomic E-state index is 0.405. The van der Waals surface area contributed by atoms with Crippen LogP contribution in [0.3, 0.4) is 0 Å². The number of aromatic amines is 1. The number of hydrogen-bond acceptors (Lipinski definition) is 4. The Bertz CT molecular complexity index is 590. The second-order valence-electron chi connectivity index (χ2n) is 3.99. The third-order valence-corrected chi connectivity index (χ3v) is 3.03. The molecule has 0 unspecified atom stereocenters. The fourth-order valence-electron chi connectivity index (χ4n) is 1.93. The second-order valence-corrected chi connectivity index (χ2v) is 4.38. The van der Waals surface area contributed by atoms with Crippen LogP contribution in [0.1, 0.15) is 24.7 Å². The Morgan fingerprint density at radius 1 is 1.41 bits per heavy atom. The highest BCUT2D eigenvalue weighted by Gasteiger charge is 2.17. The predicted molar refractivity (Wildman–Crippen MR) is 68.5 cm³/mol. The summed E-state index contributed by atoms with van der Waals surface area (Å²) in [4.78, 5) is 0. The van der Waals surface area contributed by atoms with Crippen LogP contribution < -0.4 is 5.84 Å². The minimum Gasteiger partial charge on any atom is -0.335 e. The number of nitrogens with zero attached hydrogens (tertiary/aromatic N) is 4. The molecule has 2 heterocycles. The third kappa shape index (κ3) is 1.86. The van der Waals surface area contributed by atoms with E-state index in [-0.39, 0.29) is 0 Å². The number of H-pyrrole nitrogens is 1. The quantitative estimate of drug-likeness (QED) is 0.641. The predicted octanol–water partition coefficient (Wildman–Crippen LogP) is 1.54. The molecule has 7 heteroatoms. The molecule has 0 bridgehead atoms. The van der Waals surface area contributed by atoms with Crippen LogP contribution in [0, 0.1) is 18.6 Å². The van der Waals surface area contributed by atoms with E-state index in [0.29, 0.717) is 10.6 Å². The molecule has 0 radical (unpaired) electrons. The van der Waals surface area contributed by atoms with E-state index in [4.69, 9.17) is 18.1 Å². The standard InChI is InChI=1S/C10H16N6S/c1-4-5-15-7(3)8(6(2)14-15)9-12-13-10(17)16(9)11/h4-5,11H2,1-3H3,(H,13,17). The van der Waals surface area contributed by atoms with Crippen molar-refractivity contribution in [3.05, 3.63) is 16.2 Å². The molecule has 0 saturated heterocycles. The number of nitrogen functional groups attached to an aromatic ring is 1. The number of rotatable bonds is 3. The number of nitrogens with one attached hydrogen (secondary N) is 1. The molecular formula is C10H16N6S. The summed E-state index contributed by atoms with van der Waals surface area (Å²) in [5.74, 6) is 6.47. The van der Waals surface area contributed by atoms with Gasteiger partial charge in [0.25, 0.3) is 0 Å². The number of aromatic nitrogens is 5. The molecular weight excluding hydrogens is 236 g/mol. The largest absolute Gasteiger partial charge is 0.335 e. The van der Waals surface area contributed by atoms with E-state index in [0.717, 1.165) is 29.9 Å². The molecule has 0 aliphatic carbocycles. The average Bonchev–Trinajstić information content (AvgIpc) is 2.73. The smallest absolute Gasteiger partial charge is 0.214 e. The molecule has 17 heavy (non-hydrogen) atoms. The topological polar surface area (TPSA) is 77.5 Å². The zero-order chi connectivity index (χ0) is 12.6. The Morgan fingerprint density at radius 2 is 2.12 bits per heavy atom. The van der Waals surface area contributed by atoms with E-state index in [1.165, 1.54) is 4.68 Å². The summed E-state index contributed by atoms with van der Waals surface area (Å²) in [7, 11) is 0. The van der Waals surface area contributed by atoms with Crippen molar-refractivity contribution in [2.45, 2.75) is 33.7 Å². The number of aryl methyl sites for hydroxylation is 2. The van der Waals surface area contributed by atoms with Crippen LogP contribution >= 0.6 is 12.2 Å². The van der Waals surface area contributed by atoms with Crippen LogP contribution in [0.5, 0.6) is 0 Å². The van der Waals surface area contributed by atoms with Gasteiger partial charge in [-0.2, -0.15) is 10.2 Å². The van der Waals surface area contributed by atoms with Crippen molar-refractivity contribution in [2.75, 3.05) is 5.84 Å². The van der Waals surface area contributed by atoms with Gasteiger partial charge in [-0.05, 0) is 32.5 Å². The van der Waals surface area contributed by atoms with E-state index in [2.05, 4.69) is 22.2 Å². The maximum absolute atomic E-state index is 5.84. The average molecular weight is 252 g/mol. The van der Waals surface area contributed by atoms with Crippen molar-refractivity contribution in [3.63, 3.8) is 0 Å². The van der Waals surface area contributed by atoms with Crippen LogP contribution in [-0.2, 0) is 6.54 Å². The van der Waals surface area contributed by atoms with Crippen molar-refractivity contribution < 1.29 is 0 Å². The first-order valence-corrected chi connectivity index (χ1v) is 5.94. The van der Waals surface area contributed by atoms with Crippen LogP contribution in [0.25, 0.3) is 11.4 Å². The molecule has 0 fully saturated rings. The lowest BCUT2D eigenvalue weighted by Crippen LogP contribution is -2.10. The molecule has 2 aromatic heterocycles. The fraction of sp³-hybridized carbons (Fsp3) is 0.500. The van der Waals surface area contributed by atoms with Gasteiger partial charge < -0.3 is 5.84 Å². The van der Waals surface area contributed by atoms with E-state index in [9.17, 15) is 0 Å². The van der Waals surface area contributed by atoms with Gasteiger partial charge >= 0.3 is 0 Å². The molecule has 6 nitrogen and oxygen atoms in total. The molecule has 0 spiro atoms. The highest BCUT2D eigenvalue weighted by atomic mass is 32.1. The first-order chi connectivity index (χ1) is 8.06. The maximum atomic E-state index is 5.84. The van der Waals surface area contributed by atoms with E-state index in [1.54, 1.807) is 0 Å². The van der Waals surface area contributed by atoms with Gasteiger partial charge in [0.2, 0.25) is 4.77 Å². The van der Waals surface area contributed by atoms with Crippen LogP contribution in [0.2, 0.25) is 0 Å². The molecule has 0 aromatic carbocycles. The Hall–Kier alpha value is -1.63. The second kappa shape index (κ2) is 4.33. The SMILES string of the molecule is CCCn1nc(C)c(-c2n[nH]c(=S)n2N)c1C. The van der Waals surface area contributed by atoms with Gasteiger partial charge in [-0.25, -0.2) is 9.77 Å². The van der Waals surface area contributed by atoms with Gasteiger partial charge in [-0.1, -0.05) is 6.92 Å². The van der Waals surface area contributed by atoms with Gasteiger partial charge in [0, 0.05) is 12.2 Å². The molecule has 3 N–H and O–H groups in total. The van der Waals surface area contributed by atoms with Crippen LogP contribution in [0.15, 0.2) is 0 Å². The monoisotopic (exact) mass is 252 g/mol. The molecule has 92 valence electrons. The van der Waals surface area contributed by atoms with Crippen molar-refractivity contribution in [1.82, 2.24) is 24.7 Å².